The Bertz CT molecular complexity index is 1190. The molecule has 1 aliphatic heterocycles. The average Bonchev–Trinajstić information content (AvgIpc) is 2.70. The standard InChI is InChI=1S/C20H14ClF3N2O3/c1-26(20(28)9-4-13(23)18(21)14(24)5-9)16-8-29-7-15-17(16)11-3-2-10(22)6-12(11)19(27)25-15/h2-6,16H,7-8H2,1H3,(H,25,27)/t16-/m0/s1. The van der Waals surface area contributed by atoms with Crippen LogP contribution in [0.3, 0.4) is 0 Å². The first-order valence-electron chi connectivity index (χ1n) is 8.61. The van der Waals surface area contributed by atoms with Crippen LogP contribution >= 0.6 is 11.6 Å². The molecule has 29 heavy (non-hydrogen) atoms. The SMILES string of the molecule is CN(C(=O)c1cc(F)c(Cl)c(F)c1)[C@H]1COCc2[nH]c(=O)c3cc(F)ccc3c21. The number of pyridine rings is 1. The van der Waals surface area contributed by atoms with Crippen LogP contribution in [0, 0.1) is 17.5 Å². The van der Waals surface area contributed by atoms with Gasteiger partial charge >= 0.3 is 0 Å². The molecule has 0 saturated heterocycles. The van der Waals surface area contributed by atoms with Crippen LogP contribution in [0.5, 0.6) is 0 Å². The van der Waals surface area contributed by atoms with Gasteiger partial charge in [0.25, 0.3) is 11.5 Å². The second kappa shape index (κ2) is 7.20. The zero-order valence-electron chi connectivity index (χ0n) is 15.1. The molecular formula is C20H14ClF3N2O3. The van der Waals surface area contributed by atoms with Crippen LogP contribution in [0.1, 0.15) is 27.7 Å². The maximum Gasteiger partial charge on any atom is 0.256 e. The summed E-state index contributed by atoms with van der Waals surface area (Å²) in [6.07, 6.45) is 0. The van der Waals surface area contributed by atoms with Gasteiger partial charge in [-0.05, 0) is 29.7 Å². The summed E-state index contributed by atoms with van der Waals surface area (Å²) in [6, 6.07) is 4.85. The third-order valence-corrected chi connectivity index (χ3v) is 5.34. The van der Waals surface area contributed by atoms with Gasteiger partial charge in [0.05, 0.1) is 24.6 Å². The Balaban J connectivity index is 1.82. The van der Waals surface area contributed by atoms with Crippen LogP contribution < -0.4 is 5.56 Å². The molecular weight excluding hydrogens is 409 g/mol. The molecule has 0 spiro atoms. The Hall–Kier alpha value is -2.84. The summed E-state index contributed by atoms with van der Waals surface area (Å²) in [5.41, 5.74) is 0.354. The Morgan fingerprint density at radius 3 is 2.55 bits per heavy atom. The zero-order valence-corrected chi connectivity index (χ0v) is 15.8. The van der Waals surface area contributed by atoms with E-state index in [0.29, 0.717) is 16.6 Å². The Kier molecular flexibility index (Phi) is 4.84. The van der Waals surface area contributed by atoms with Gasteiger partial charge in [0.2, 0.25) is 0 Å². The fraction of sp³-hybridized carbons (Fsp3) is 0.200. The van der Waals surface area contributed by atoms with E-state index < -0.39 is 40.0 Å². The van der Waals surface area contributed by atoms with E-state index in [1.807, 2.05) is 0 Å². The highest BCUT2D eigenvalue weighted by Crippen LogP contribution is 2.34. The second-order valence-corrected chi connectivity index (χ2v) is 7.12. The van der Waals surface area contributed by atoms with E-state index in [2.05, 4.69) is 4.98 Å². The van der Waals surface area contributed by atoms with Crippen molar-refractivity contribution in [2.24, 2.45) is 0 Å². The summed E-state index contributed by atoms with van der Waals surface area (Å²) >= 11 is 5.48. The molecule has 0 radical (unpaired) electrons. The summed E-state index contributed by atoms with van der Waals surface area (Å²) in [7, 11) is 1.45. The van der Waals surface area contributed by atoms with Gasteiger partial charge in [0, 0.05) is 23.9 Å². The predicted octanol–water partition coefficient (Wildman–Crippen LogP) is 3.94. The summed E-state index contributed by atoms with van der Waals surface area (Å²) in [6.45, 7) is 0.201. The molecule has 2 heterocycles. The number of halogens is 4. The molecule has 0 fully saturated rings. The minimum absolute atomic E-state index is 0.0896. The summed E-state index contributed by atoms with van der Waals surface area (Å²) in [5, 5.41) is -0.0761. The van der Waals surface area contributed by atoms with Crippen molar-refractivity contribution in [1.29, 1.82) is 0 Å². The lowest BCUT2D eigenvalue weighted by molar-refractivity contribution is 0.0335. The molecule has 1 amide bonds. The Morgan fingerprint density at radius 2 is 1.86 bits per heavy atom. The van der Waals surface area contributed by atoms with Gasteiger partial charge in [0.15, 0.2) is 0 Å². The normalized spacial score (nSPS) is 16.0. The molecule has 1 atom stereocenters. The topological polar surface area (TPSA) is 62.4 Å². The van der Waals surface area contributed by atoms with Gasteiger partial charge in [-0.15, -0.1) is 0 Å². The minimum atomic E-state index is -1.05. The van der Waals surface area contributed by atoms with Gasteiger partial charge in [-0.2, -0.15) is 0 Å². The molecule has 4 rings (SSSR count). The van der Waals surface area contributed by atoms with Gasteiger partial charge < -0.3 is 14.6 Å². The lowest BCUT2D eigenvalue weighted by Gasteiger charge is -2.34. The van der Waals surface area contributed by atoms with E-state index in [9.17, 15) is 22.8 Å². The number of nitrogens with one attached hydrogen (secondary N) is 1. The number of hydrogen-bond donors (Lipinski definition) is 1. The number of benzene rings is 2. The quantitative estimate of drug-likeness (QED) is 0.636. The van der Waals surface area contributed by atoms with Crippen LogP contribution in [0.2, 0.25) is 5.02 Å². The third-order valence-electron chi connectivity index (χ3n) is 4.98. The molecule has 1 N–H and O–H groups in total. The number of aromatic amines is 1. The van der Waals surface area contributed by atoms with E-state index in [4.69, 9.17) is 16.3 Å². The summed E-state index contributed by atoms with van der Waals surface area (Å²) < 4.78 is 46.7. The predicted molar refractivity (Wildman–Crippen MR) is 100 cm³/mol. The van der Waals surface area contributed by atoms with Gasteiger partial charge in [0.1, 0.15) is 22.5 Å². The van der Waals surface area contributed by atoms with Crippen molar-refractivity contribution in [2.45, 2.75) is 12.6 Å². The molecule has 1 aromatic heterocycles. The van der Waals surface area contributed by atoms with Crippen LogP contribution in [0.25, 0.3) is 10.8 Å². The molecule has 5 nitrogen and oxygen atoms in total. The fourth-order valence-corrected chi connectivity index (χ4v) is 3.66. The van der Waals surface area contributed by atoms with Crippen molar-refractivity contribution in [3.05, 3.63) is 80.0 Å². The van der Waals surface area contributed by atoms with Crippen molar-refractivity contribution in [2.75, 3.05) is 13.7 Å². The van der Waals surface area contributed by atoms with E-state index >= 15 is 0 Å². The first kappa shape index (κ1) is 19.5. The highest BCUT2D eigenvalue weighted by Gasteiger charge is 2.31. The molecule has 0 unspecified atom stereocenters. The van der Waals surface area contributed by atoms with Crippen LogP contribution in [-0.4, -0.2) is 29.4 Å². The van der Waals surface area contributed by atoms with Crippen LogP contribution in [0.15, 0.2) is 35.1 Å². The molecule has 150 valence electrons. The number of hydrogen-bond acceptors (Lipinski definition) is 3. The zero-order chi connectivity index (χ0) is 20.9. The Morgan fingerprint density at radius 1 is 1.17 bits per heavy atom. The molecule has 1 aliphatic rings. The molecule has 0 saturated carbocycles. The van der Waals surface area contributed by atoms with E-state index in [1.54, 1.807) is 0 Å². The van der Waals surface area contributed by atoms with Gasteiger partial charge in [-0.1, -0.05) is 17.7 Å². The maximum absolute atomic E-state index is 13.8. The summed E-state index contributed by atoms with van der Waals surface area (Å²) in [5.74, 6) is -3.33. The Labute approximate surface area is 167 Å². The van der Waals surface area contributed by atoms with Crippen molar-refractivity contribution >= 4 is 28.3 Å². The van der Waals surface area contributed by atoms with Crippen molar-refractivity contribution in [3.8, 4) is 0 Å². The number of aromatic nitrogens is 1. The first-order valence-corrected chi connectivity index (χ1v) is 8.99. The molecule has 0 bridgehead atoms. The summed E-state index contributed by atoms with van der Waals surface area (Å²) in [4.78, 5) is 29.1. The average molecular weight is 423 g/mol. The first-order chi connectivity index (χ1) is 13.8. The van der Waals surface area contributed by atoms with E-state index in [0.717, 1.165) is 18.2 Å². The lowest BCUT2D eigenvalue weighted by atomic mass is 9.95. The number of fused-ring (bicyclic) bond motifs is 3. The lowest BCUT2D eigenvalue weighted by Crippen LogP contribution is -2.37. The van der Waals surface area contributed by atoms with Crippen molar-refractivity contribution in [1.82, 2.24) is 9.88 Å². The molecule has 9 heteroatoms. The number of carbonyl (C=O) groups excluding carboxylic acids is 1. The van der Waals surface area contributed by atoms with E-state index in [-0.39, 0.29) is 24.2 Å². The van der Waals surface area contributed by atoms with Gasteiger partial charge in [-0.25, -0.2) is 13.2 Å². The van der Waals surface area contributed by atoms with E-state index in [1.165, 1.54) is 24.1 Å². The maximum atomic E-state index is 13.8. The second-order valence-electron chi connectivity index (χ2n) is 6.74. The monoisotopic (exact) mass is 422 g/mol. The number of nitrogens with zero attached hydrogens (tertiary/aromatic N) is 1. The molecule has 0 aliphatic carbocycles. The highest BCUT2D eigenvalue weighted by atomic mass is 35.5. The number of ether oxygens (including phenoxy) is 1. The molecule has 2 aromatic carbocycles. The van der Waals surface area contributed by atoms with Crippen molar-refractivity contribution < 1.29 is 22.7 Å². The number of likely N-dealkylation sites (N-methyl/N-ethyl adjacent to an activating group) is 1. The number of rotatable bonds is 2. The molecule has 3 aromatic rings. The van der Waals surface area contributed by atoms with Gasteiger partial charge in [-0.3, -0.25) is 9.59 Å². The number of H-pyrrole nitrogens is 1. The minimum Gasteiger partial charge on any atom is -0.373 e. The van der Waals surface area contributed by atoms with Crippen LogP contribution in [-0.2, 0) is 11.3 Å². The fourth-order valence-electron chi connectivity index (χ4n) is 3.55. The third kappa shape index (κ3) is 3.28. The largest absolute Gasteiger partial charge is 0.373 e. The number of carbonyl (C=O) groups is 1. The van der Waals surface area contributed by atoms with Crippen molar-refractivity contribution in [3.63, 3.8) is 0 Å². The van der Waals surface area contributed by atoms with Crippen LogP contribution in [0.4, 0.5) is 13.2 Å². The smallest absolute Gasteiger partial charge is 0.256 e. The number of amides is 1. The highest BCUT2D eigenvalue weighted by molar-refractivity contribution is 6.31.